The Hall–Kier alpha value is -3.99. The molecule has 2 atom stereocenters. The van der Waals surface area contributed by atoms with E-state index >= 15 is 0 Å². The van der Waals surface area contributed by atoms with Crippen LogP contribution in [-0.4, -0.2) is 78.0 Å². The molecule has 1 aromatic carbocycles. The van der Waals surface area contributed by atoms with Crippen LogP contribution < -0.4 is 15.5 Å². The summed E-state index contributed by atoms with van der Waals surface area (Å²) in [4.78, 5) is 44.3. The molecule has 0 spiro atoms. The average molecular weight is 551 g/mol. The van der Waals surface area contributed by atoms with Gasteiger partial charge in [0.05, 0.1) is 12.3 Å². The number of anilines is 1. The molecule has 3 heterocycles. The molecule has 1 aliphatic rings. The summed E-state index contributed by atoms with van der Waals surface area (Å²) in [7, 11) is 2.11. The van der Waals surface area contributed by atoms with Crippen molar-refractivity contribution in [1.82, 2.24) is 25.7 Å². The highest BCUT2D eigenvalue weighted by atomic mass is 16.4. The monoisotopic (exact) mass is 550 g/mol. The van der Waals surface area contributed by atoms with E-state index in [-0.39, 0.29) is 23.6 Å². The predicted octanol–water partition coefficient (Wildman–Crippen LogP) is 3.39. The van der Waals surface area contributed by atoms with E-state index in [0.717, 1.165) is 31.9 Å². The van der Waals surface area contributed by atoms with E-state index in [4.69, 9.17) is 8.83 Å². The summed E-state index contributed by atoms with van der Waals surface area (Å²) in [6.45, 7) is 9.71. The van der Waals surface area contributed by atoms with E-state index in [1.54, 1.807) is 24.3 Å². The molecule has 1 aliphatic heterocycles. The SMILES string of the molecule is CCC[C@H](NC(=O)[C@@H](CC(C)C)NC(=O)c1ccc(N2CCN(C)CC2)cc1)C(=O)c1nnc(-c2ccco2)o1. The van der Waals surface area contributed by atoms with Gasteiger partial charge >= 0.3 is 0 Å². The van der Waals surface area contributed by atoms with Crippen LogP contribution in [0.4, 0.5) is 5.69 Å². The third-order valence-corrected chi connectivity index (χ3v) is 6.90. The molecule has 0 unspecified atom stereocenters. The maximum atomic E-state index is 13.4. The Morgan fingerprint density at radius 1 is 0.975 bits per heavy atom. The molecular formula is C29H38N6O5. The van der Waals surface area contributed by atoms with Crippen molar-refractivity contribution in [3.05, 3.63) is 54.1 Å². The number of nitrogens with zero attached hydrogens (tertiary/aromatic N) is 4. The predicted molar refractivity (Wildman–Crippen MR) is 150 cm³/mol. The van der Waals surface area contributed by atoms with Crippen molar-refractivity contribution >= 4 is 23.3 Å². The van der Waals surface area contributed by atoms with Gasteiger partial charge in [-0.2, -0.15) is 0 Å². The number of likely N-dealkylation sites (N-methyl/N-ethyl adjacent to an activating group) is 1. The first-order valence-electron chi connectivity index (χ1n) is 13.8. The van der Waals surface area contributed by atoms with Crippen LogP contribution in [0, 0.1) is 5.92 Å². The van der Waals surface area contributed by atoms with Crippen LogP contribution in [0.15, 0.2) is 51.5 Å². The van der Waals surface area contributed by atoms with E-state index in [2.05, 4.69) is 37.7 Å². The van der Waals surface area contributed by atoms with Gasteiger partial charge in [-0.1, -0.05) is 27.2 Å². The number of rotatable bonds is 12. The maximum absolute atomic E-state index is 13.4. The molecule has 3 aromatic rings. The van der Waals surface area contributed by atoms with Crippen molar-refractivity contribution in [1.29, 1.82) is 0 Å². The van der Waals surface area contributed by atoms with Crippen LogP contribution in [0.5, 0.6) is 0 Å². The zero-order valence-corrected chi connectivity index (χ0v) is 23.6. The van der Waals surface area contributed by atoms with E-state index in [1.165, 1.54) is 6.26 Å². The maximum Gasteiger partial charge on any atom is 0.286 e. The van der Waals surface area contributed by atoms with E-state index in [0.29, 0.717) is 30.6 Å². The Morgan fingerprint density at radius 3 is 2.33 bits per heavy atom. The lowest BCUT2D eigenvalue weighted by Gasteiger charge is -2.34. The lowest BCUT2D eigenvalue weighted by atomic mass is 10.0. The van der Waals surface area contributed by atoms with Gasteiger partial charge in [0.2, 0.25) is 11.7 Å². The highest BCUT2D eigenvalue weighted by Crippen LogP contribution is 2.20. The Morgan fingerprint density at radius 2 is 1.70 bits per heavy atom. The van der Waals surface area contributed by atoms with Gasteiger partial charge in [-0.3, -0.25) is 14.4 Å². The number of ketones is 1. The summed E-state index contributed by atoms with van der Waals surface area (Å²) >= 11 is 0. The zero-order chi connectivity index (χ0) is 28.6. The van der Waals surface area contributed by atoms with Gasteiger partial charge in [-0.25, -0.2) is 0 Å². The quantitative estimate of drug-likeness (QED) is 0.326. The second-order valence-electron chi connectivity index (χ2n) is 10.6. The number of piperazine rings is 1. The topological polar surface area (TPSA) is 134 Å². The molecule has 11 heteroatoms. The summed E-state index contributed by atoms with van der Waals surface area (Å²) in [5.41, 5.74) is 1.54. The molecule has 0 radical (unpaired) electrons. The number of aromatic nitrogens is 2. The Balaban J connectivity index is 1.42. The Labute approximate surface area is 234 Å². The molecule has 1 fully saturated rings. The molecular weight excluding hydrogens is 512 g/mol. The molecule has 2 aromatic heterocycles. The smallest absolute Gasteiger partial charge is 0.286 e. The van der Waals surface area contributed by atoms with Crippen molar-refractivity contribution in [2.24, 2.45) is 5.92 Å². The third-order valence-electron chi connectivity index (χ3n) is 6.90. The standard InChI is InChI=1S/C29H38N6O5/c1-5-7-22(25(36)29-33-32-28(40-29)24-8-6-17-39-24)30-27(38)23(18-19(2)3)31-26(37)20-9-11-21(12-10-20)35-15-13-34(4)14-16-35/h6,8-12,17,19,22-23H,5,7,13-16,18H2,1-4H3,(H,30,38)(H,31,37)/t22-,23+/m0/s1. The first-order valence-corrected chi connectivity index (χ1v) is 13.8. The van der Waals surface area contributed by atoms with Gasteiger partial charge in [-0.15, -0.1) is 10.2 Å². The van der Waals surface area contributed by atoms with Gasteiger partial charge in [0.25, 0.3) is 17.7 Å². The Bertz CT molecular complexity index is 1260. The van der Waals surface area contributed by atoms with Crippen molar-refractivity contribution in [2.75, 3.05) is 38.1 Å². The normalized spacial score (nSPS) is 15.6. The number of nitrogens with one attached hydrogen (secondary N) is 2. The van der Waals surface area contributed by atoms with Crippen molar-refractivity contribution in [3.63, 3.8) is 0 Å². The van der Waals surface area contributed by atoms with Crippen molar-refractivity contribution < 1.29 is 23.2 Å². The third kappa shape index (κ3) is 7.35. The second kappa shape index (κ2) is 13.4. The van der Waals surface area contributed by atoms with Gasteiger partial charge in [0, 0.05) is 37.4 Å². The molecule has 11 nitrogen and oxygen atoms in total. The summed E-state index contributed by atoms with van der Waals surface area (Å²) in [5.74, 6) is -0.928. The van der Waals surface area contributed by atoms with Crippen LogP contribution in [0.1, 0.15) is 61.1 Å². The lowest BCUT2D eigenvalue weighted by molar-refractivity contribution is -0.123. The van der Waals surface area contributed by atoms with Crippen molar-refractivity contribution in [3.8, 4) is 11.7 Å². The fourth-order valence-electron chi connectivity index (χ4n) is 4.63. The molecule has 2 N–H and O–H groups in total. The van der Waals surface area contributed by atoms with E-state index < -0.39 is 23.8 Å². The first kappa shape index (κ1) is 29.0. The fraction of sp³-hybridized carbons (Fsp3) is 0.483. The lowest BCUT2D eigenvalue weighted by Crippen LogP contribution is -2.52. The molecule has 4 rings (SSSR count). The number of Topliss-reactive ketones (excluding diaryl/α,β-unsaturated/α-hetero) is 1. The zero-order valence-electron chi connectivity index (χ0n) is 23.6. The van der Waals surface area contributed by atoms with Crippen LogP contribution >= 0.6 is 0 Å². The van der Waals surface area contributed by atoms with Gasteiger partial charge in [0.1, 0.15) is 6.04 Å². The number of hydrogen-bond donors (Lipinski definition) is 2. The first-order chi connectivity index (χ1) is 19.2. The van der Waals surface area contributed by atoms with E-state index in [1.807, 2.05) is 32.9 Å². The number of amides is 2. The van der Waals surface area contributed by atoms with Gasteiger partial charge in [0.15, 0.2) is 5.76 Å². The van der Waals surface area contributed by atoms with Crippen LogP contribution in [-0.2, 0) is 4.79 Å². The van der Waals surface area contributed by atoms with Crippen molar-refractivity contribution in [2.45, 2.75) is 52.1 Å². The number of furan rings is 1. The number of carbonyl (C=O) groups is 3. The van der Waals surface area contributed by atoms with Crippen LogP contribution in [0.2, 0.25) is 0 Å². The average Bonchev–Trinajstić information content (AvgIpc) is 3.65. The fourth-order valence-corrected chi connectivity index (χ4v) is 4.63. The minimum Gasteiger partial charge on any atom is -0.459 e. The van der Waals surface area contributed by atoms with Crippen LogP contribution in [0.25, 0.3) is 11.7 Å². The summed E-state index contributed by atoms with van der Waals surface area (Å²) in [5, 5.41) is 13.4. The second-order valence-corrected chi connectivity index (χ2v) is 10.6. The van der Waals surface area contributed by atoms with Crippen LogP contribution in [0.3, 0.4) is 0 Å². The molecule has 0 aliphatic carbocycles. The number of benzene rings is 1. The highest BCUT2D eigenvalue weighted by molar-refractivity contribution is 6.01. The molecule has 40 heavy (non-hydrogen) atoms. The molecule has 214 valence electrons. The largest absolute Gasteiger partial charge is 0.459 e. The van der Waals surface area contributed by atoms with E-state index in [9.17, 15) is 14.4 Å². The number of hydrogen-bond acceptors (Lipinski definition) is 9. The Kier molecular flexibility index (Phi) is 9.70. The number of carbonyl (C=O) groups excluding carboxylic acids is 3. The molecule has 0 saturated carbocycles. The summed E-state index contributed by atoms with van der Waals surface area (Å²) in [6.07, 6.45) is 2.88. The molecule has 0 bridgehead atoms. The van der Waals surface area contributed by atoms with Gasteiger partial charge < -0.3 is 29.3 Å². The molecule has 2 amide bonds. The minimum absolute atomic E-state index is 0.0820. The van der Waals surface area contributed by atoms with Gasteiger partial charge in [-0.05, 0) is 62.2 Å². The summed E-state index contributed by atoms with van der Waals surface area (Å²) in [6, 6.07) is 9.06. The highest BCUT2D eigenvalue weighted by Gasteiger charge is 2.30. The molecule has 1 saturated heterocycles. The minimum atomic E-state index is -0.878. The summed E-state index contributed by atoms with van der Waals surface area (Å²) < 4.78 is 10.8.